The van der Waals surface area contributed by atoms with E-state index in [2.05, 4.69) is 20.6 Å². The van der Waals surface area contributed by atoms with Gasteiger partial charge in [0.2, 0.25) is 0 Å². The van der Waals surface area contributed by atoms with Gasteiger partial charge in [0.25, 0.3) is 5.91 Å². The highest BCUT2D eigenvalue weighted by molar-refractivity contribution is 6.31. The number of carbonyl (C=O) groups is 1. The van der Waals surface area contributed by atoms with Gasteiger partial charge in [0, 0.05) is 24.0 Å². The third kappa shape index (κ3) is 3.45. The molecule has 0 saturated carbocycles. The summed E-state index contributed by atoms with van der Waals surface area (Å²) in [6.45, 7) is 2.15. The fourth-order valence-electron chi connectivity index (χ4n) is 1.79. The number of hydrogen-bond donors (Lipinski definition) is 2. The minimum atomic E-state index is -0.201. The van der Waals surface area contributed by atoms with Crippen molar-refractivity contribution in [2.24, 2.45) is 0 Å². The minimum absolute atomic E-state index is 0.201. The van der Waals surface area contributed by atoms with Crippen LogP contribution in [0.4, 0.5) is 5.69 Å². The van der Waals surface area contributed by atoms with Gasteiger partial charge in [-0.1, -0.05) is 11.6 Å². The maximum absolute atomic E-state index is 12.2. The van der Waals surface area contributed by atoms with Crippen molar-refractivity contribution < 1.29 is 4.79 Å². The third-order valence-electron chi connectivity index (χ3n) is 2.76. The first-order chi connectivity index (χ1) is 9.60. The van der Waals surface area contributed by atoms with Crippen molar-refractivity contribution in [2.45, 2.75) is 13.5 Å². The molecule has 0 aliphatic heterocycles. The predicted molar refractivity (Wildman–Crippen MR) is 78.9 cm³/mol. The molecule has 1 aromatic heterocycles. The van der Waals surface area contributed by atoms with E-state index in [1.54, 1.807) is 44.4 Å². The quantitative estimate of drug-likeness (QED) is 0.907. The van der Waals surface area contributed by atoms with Crippen LogP contribution in [0.25, 0.3) is 0 Å². The van der Waals surface area contributed by atoms with Crippen LogP contribution < -0.4 is 10.6 Å². The molecule has 1 amide bonds. The fourth-order valence-corrected chi connectivity index (χ4v) is 1.96. The third-order valence-corrected chi connectivity index (χ3v) is 2.99. The molecule has 2 aromatic rings. The average molecular weight is 291 g/mol. The van der Waals surface area contributed by atoms with Crippen molar-refractivity contribution in [1.29, 1.82) is 0 Å². The highest BCUT2D eigenvalue weighted by atomic mass is 35.5. The maximum Gasteiger partial charge on any atom is 0.253 e. The van der Waals surface area contributed by atoms with Crippen molar-refractivity contribution in [2.75, 3.05) is 12.4 Å². The maximum atomic E-state index is 12.2. The highest BCUT2D eigenvalue weighted by Crippen LogP contribution is 2.20. The number of benzene rings is 1. The molecular weight excluding hydrogens is 276 g/mol. The number of carbonyl (C=O) groups excluding carboxylic acids is 1. The summed E-state index contributed by atoms with van der Waals surface area (Å²) in [6, 6.07) is 6.90. The molecule has 0 aliphatic rings. The number of aryl methyl sites for hydroxylation is 1. The number of rotatable bonds is 4. The SMILES string of the molecule is CNc1ccc(Cl)cc1C(=O)NCc1ccnc(C)n1. The molecule has 1 heterocycles. The molecule has 20 heavy (non-hydrogen) atoms. The topological polar surface area (TPSA) is 66.9 Å². The van der Waals surface area contributed by atoms with E-state index in [1.807, 2.05) is 0 Å². The van der Waals surface area contributed by atoms with Crippen molar-refractivity contribution in [1.82, 2.24) is 15.3 Å². The number of nitrogens with zero attached hydrogens (tertiary/aromatic N) is 2. The van der Waals surface area contributed by atoms with Gasteiger partial charge in [-0.15, -0.1) is 0 Å². The van der Waals surface area contributed by atoms with Gasteiger partial charge in [-0.3, -0.25) is 4.79 Å². The second-order valence-corrected chi connectivity index (χ2v) is 4.65. The highest BCUT2D eigenvalue weighted by Gasteiger charge is 2.11. The molecule has 1 aromatic carbocycles. The van der Waals surface area contributed by atoms with Gasteiger partial charge in [0.1, 0.15) is 5.82 Å². The normalized spacial score (nSPS) is 10.2. The molecule has 6 heteroatoms. The summed E-state index contributed by atoms with van der Waals surface area (Å²) in [4.78, 5) is 20.4. The molecular formula is C14H15ClN4O. The van der Waals surface area contributed by atoms with Crippen LogP contribution in [-0.4, -0.2) is 22.9 Å². The Balaban J connectivity index is 2.10. The van der Waals surface area contributed by atoms with Crippen LogP contribution in [-0.2, 0) is 6.54 Å². The second-order valence-electron chi connectivity index (χ2n) is 4.22. The standard InChI is InChI=1S/C14H15ClN4O/c1-9-17-6-5-11(19-9)8-18-14(20)12-7-10(15)3-4-13(12)16-2/h3-7,16H,8H2,1-2H3,(H,18,20). The van der Waals surface area contributed by atoms with E-state index in [4.69, 9.17) is 11.6 Å². The van der Waals surface area contributed by atoms with Gasteiger partial charge in [-0.2, -0.15) is 0 Å². The van der Waals surface area contributed by atoms with Crippen LogP contribution >= 0.6 is 11.6 Å². The van der Waals surface area contributed by atoms with E-state index < -0.39 is 0 Å². The molecule has 104 valence electrons. The van der Waals surface area contributed by atoms with Crippen LogP contribution in [0, 0.1) is 6.92 Å². The molecule has 0 fully saturated rings. The number of anilines is 1. The molecule has 0 bridgehead atoms. The average Bonchev–Trinajstić information content (AvgIpc) is 2.45. The van der Waals surface area contributed by atoms with Crippen LogP contribution in [0.15, 0.2) is 30.5 Å². The lowest BCUT2D eigenvalue weighted by atomic mass is 10.1. The van der Waals surface area contributed by atoms with Gasteiger partial charge in [-0.05, 0) is 31.2 Å². The van der Waals surface area contributed by atoms with Crippen LogP contribution in [0.1, 0.15) is 21.9 Å². The zero-order valence-corrected chi connectivity index (χ0v) is 12.0. The Bertz CT molecular complexity index is 630. The van der Waals surface area contributed by atoms with Crippen LogP contribution in [0.5, 0.6) is 0 Å². The Morgan fingerprint density at radius 3 is 2.85 bits per heavy atom. The van der Waals surface area contributed by atoms with E-state index in [0.717, 1.165) is 11.4 Å². The summed E-state index contributed by atoms with van der Waals surface area (Å²) in [5, 5.41) is 6.30. The van der Waals surface area contributed by atoms with Crippen LogP contribution in [0.3, 0.4) is 0 Å². The minimum Gasteiger partial charge on any atom is -0.387 e. The van der Waals surface area contributed by atoms with E-state index in [-0.39, 0.29) is 5.91 Å². The Morgan fingerprint density at radius 2 is 2.15 bits per heavy atom. The zero-order chi connectivity index (χ0) is 14.5. The van der Waals surface area contributed by atoms with E-state index >= 15 is 0 Å². The van der Waals surface area contributed by atoms with Crippen LogP contribution in [0.2, 0.25) is 5.02 Å². The monoisotopic (exact) mass is 290 g/mol. The van der Waals surface area contributed by atoms with Gasteiger partial charge >= 0.3 is 0 Å². The second kappa shape index (κ2) is 6.34. The summed E-state index contributed by atoms with van der Waals surface area (Å²) in [7, 11) is 1.76. The van der Waals surface area contributed by atoms with E-state index in [0.29, 0.717) is 23.0 Å². The predicted octanol–water partition coefficient (Wildman–Crippen LogP) is 2.41. The molecule has 5 nitrogen and oxygen atoms in total. The summed E-state index contributed by atoms with van der Waals surface area (Å²) in [5.41, 5.74) is 2.00. The lowest BCUT2D eigenvalue weighted by molar-refractivity contribution is 0.0951. The largest absolute Gasteiger partial charge is 0.387 e. The number of amides is 1. The van der Waals surface area contributed by atoms with Crippen molar-refractivity contribution >= 4 is 23.2 Å². The first-order valence-corrected chi connectivity index (χ1v) is 6.52. The van der Waals surface area contributed by atoms with Crippen molar-refractivity contribution in [3.8, 4) is 0 Å². The Hall–Kier alpha value is -2.14. The molecule has 0 aliphatic carbocycles. The number of hydrogen-bond acceptors (Lipinski definition) is 4. The lowest BCUT2D eigenvalue weighted by Gasteiger charge is -2.10. The van der Waals surface area contributed by atoms with Gasteiger partial charge in [0.05, 0.1) is 17.8 Å². The Morgan fingerprint density at radius 1 is 1.35 bits per heavy atom. The van der Waals surface area contributed by atoms with Gasteiger partial charge < -0.3 is 10.6 Å². The van der Waals surface area contributed by atoms with Gasteiger partial charge in [0.15, 0.2) is 0 Å². The molecule has 2 N–H and O–H groups in total. The smallest absolute Gasteiger partial charge is 0.253 e. The van der Waals surface area contributed by atoms with Gasteiger partial charge in [-0.25, -0.2) is 9.97 Å². The first kappa shape index (κ1) is 14.3. The van der Waals surface area contributed by atoms with Crippen molar-refractivity contribution in [3.63, 3.8) is 0 Å². The molecule has 0 atom stereocenters. The Labute approximate surface area is 122 Å². The van der Waals surface area contributed by atoms with Crippen molar-refractivity contribution in [3.05, 3.63) is 52.6 Å². The first-order valence-electron chi connectivity index (χ1n) is 6.14. The lowest BCUT2D eigenvalue weighted by Crippen LogP contribution is -2.24. The number of aromatic nitrogens is 2. The number of halogens is 1. The molecule has 0 saturated heterocycles. The zero-order valence-electron chi connectivity index (χ0n) is 11.3. The molecule has 2 rings (SSSR count). The Kier molecular flexibility index (Phi) is 4.53. The summed E-state index contributed by atoms with van der Waals surface area (Å²) in [5.74, 6) is 0.475. The molecule has 0 radical (unpaired) electrons. The fraction of sp³-hybridized carbons (Fsp3) is 0.214. The summed E-state index contributed by atoms with van der Waals surface area (Å²) < 4.78 is 0. The molecule has 0 spiro atoms. The summed E-state index contributed by atoms with van der Waals surface area (Å²) in [6.07, 6.45) is 1.67. The van der Waals surface area contributed by atoms with E-state index in [1.165, 1.54) is 0 Å². The summed E-state index contributed by atoms with van der Waals surface area (Å²) >= 11 is 5.93. The molecule has 0 unspecified atom stereocenters. The van der Waals surface area contributed by atoms with E-state index in [9.17, 15) is 4.79 Å². The number of nitrogens with one attached hydrogen (secondary N) is 2.